The van der Waals surface area contributed by atoms with Crippen LogP contribution in [0.5, 0.6) is 0 Å². The number of pyridine rings is 1. The molecule has 7 nitrogen and oxygen atoms in total. The Bertz CT molecular complexity index is 1100. The van der Waals surface area contributed by atoms with Gasteiger partial charge in [0.05, 0.1) is 23.5 Å². The summed E-state index contributed by atoms with van der Waals surface area (Å²) < 4.78 is 44.5. The van der Waals surface area contributed by atoms with Crippen LogP contribution in [-0.4, -0.2) is 33.2 Å². The number of benzene rings is 1. The van der Waals surface area contributed by atoms with E-state index in [1.54, 1.807) is 6.92 Å². The van der Waals surface area contributed by atoms with Crippen molar-refractivity contribution in [1.29, 1.82) is 0 Å². The van der Waals surface area contributed by atoms with Crippen LogP contribution in [0.25, 0.3) is 5.82 Å². The minimum Gasteiger partial charge on any atom is -0.452 e. The number of aromatic nitrogens is 3. The minimum atomic E-state index is -4.50. The van der Waals surface area contributed by atoms with Gasteiger partial charge < -0.3 is 10.1 Å². The standard InChI is InChI=1S/C23H23F3N4O3/c1-3-7-19(16-8-5-4-6-9-16)29-21(31)14-33-22(32)18-13-28-30(15(18)2)20-11-10-17(12-27-20)23(24,25)26/h4-6,8-13,19H,3,7,14H2,1-2H3,(H,29,31). The van der Waals surface area contributed by atoms with Gasteiger partial charge in [-0.2, -0.15) is 18.3 Å². The van der Waals surface area contributed by atoms with Crippen LogP contribution in [0.15, 0.2) is 54.9 Å². The van der Waals surface area contributed by atoms with Crippen molar-refractivity contribution in [3.8, 4) is 5.82 Å². The van der Waals surface area contributed by atoms with E-state index in [9.17, 15) is 22.8 Å². The van der Waals surface area contributed by atoms with Crippen molar-refractivity contribution in [1.82, 2.24) is 20.1 Å². The molecule has 1 atom stereocenters. The van der Waals surface area contributed by atoms with E-state index >= 15 is 0 Å². The van der Waals surface area contributed by atoms with E-state index < -0.39 is 30.2 Å². The van der Waals surface area contributed by atoms with Crippen molar-refractivity contribution in [3.05, 3.63) is 77.2 Å². The Morgan fingerprint density at radius 2 is 1.85 bits per heavy atom. The van der Waals surface area contributed by atoms with Gasteiger partial charge in [-0.3, -0.25) is 4.79 Å². The maximum absolute atomic E-state index is 12.7. The Morgan fingerprint density at radius 1 is 1.12 bits per heavy atom. The maximum Gasteiger partial charge on any atom is 0.417 e. The summed E-state index contributed by atoms with van der Waals surface area (Å²) >= 11 is 0. The van der Waals surface area contributed by atoms with Crippen LogP contribution in [0.1, 0.15) is 53.0 Å². The van der Waals surface area contributed by atoms with Crippen LogP contribution in [0.4, 0.5) is 13.2 Å². The normalized spacial score (nSPS) is 12.3. The van der Waals surface area contributed by atoms with Gasteiger partial charge in [0.1, 0.15) is 5.56 Å². The zero-order chi connectivity index (χ0) is 24.0. The number of halogens is 3. The third kappa shape index (κ3) is 5.97. The maximum atomic E-state index is 12.7. The number of carbonyl (C=O) groups is 2. The fraction of sp³-hybridized carbons (Fsp3) is 0.304. The number of hydrogen-bond acceptors (Lipinski definition) is 5. The van der Waals surface area contributed by atoms with Crippen molar-refractivity contribution >= 4 is 11.9 Å². The lowest BCUT2D eigenvalue weighted by Crippen LogP contribution is -2.32. The van der Waals surface area contributed by atoms with Crippen LogP contribution in [0.3, 0.4) is 0 Å². The molecule has 0 aliphatic carbocycles. The molecule has 1 N–H and O–H groups in total. The van der Waals surface area contributed by atoms with Gasteiger partial charge >= 0.3 is 12.1 Å². The SMILES string of the molecule is CCCC(NC(=O)COC(=O)c1cnn(-c2ccc(C(F)(F)F)cn2)c1C)c1ccccc1. The van der Waals surface area contributed by atoms with Gasteiger partial charge in [0.2, 0.25) is 0 Å². The zero-order valence-electron chi connectivity index (χ0n) is 18.1. The summed E-state index contributed by atoms with van der Waals surface area (Å²) in [5.74, 6) is -1.10. The first-order chi connectivity index (χ1) is 15.7. The second-order valence-electron chi connectivity index (χ2n) is 7.35. The van der Waals surface area contributed by atoms with Crippen molar-refractivity contribution in [2.24, 2.45) is 0 Å². The summed E-state index contributed by atoms with van der Waals surface area (Å²) in [5, 5.41) is 6.88. The molecule has 0 radical (unpaired) electrons. The molecule has 33 heavy (non-hydrogen) atoms. The number of alkyl halides is 3. The van der Waals surface area contributed by atoms with Gasteiger partial charge in [-0.25, -0.2) is 14.5 Å². The number of ether oxygens (including phenoxy) is 1. The molecule has 0 spiro atoms. The number of rotatable bonds is 8. The van der Waals surface area contributed by atoms with Crippen molar-refractivity contribution in [3.63, 3.8) is 0 Å². The van der Waals surface area contributed by atoms with Gasteiger partial charge in [0, 0.05) is 6.20 Å². The molecule has 3 aromatic rings. The average molecular weight is 460 g/mol. The van der Waals surface area contributed by atoms with Gasteiger partial charge in [-0.1, -0.05) is 43.7 Å². The van der Waals surface area contributed by atoms with Gasteiger partial charge in [0.15, 0.2) is 12.4 Å². The number of esters is 1. The molecule has 10 heteroatoms. The third-order valence-corrected chi connectivity index (χ3v) is 4.97. The van der Waals surface area contributed by atoms with E-state index in [4.69, 9.17) is 4.74 Å². The van der Waals surface area contributed by atoms with Gasteiger partial charge in [0.25, 0.3) is 5.91 Å². The first-order valence-corrected chi connectivity index (χ1v) is 10.3. The molecular weight excluding hydrogens is 437 g/mol. The number of carbonyl (C=O) groups excluding carboxylic acids is 2. The molecule has 3 rings (SSSR count). The summed E-state index contributed by atoms with van der Waals surface area (Å²) in [4.78, 5) is 28.6. The first kappa shape index (κ1) is 24.0. The molecule has 1 aromatic carbocycles. The smallest absolute Gasteiger partial charge is 0.417 e. The highest BCUT2D eigenvalue weighted by molar-refractivity contribution is 5.92. The molecular formula is C23H23F3N4O3. The molecule has 2 aromatic heterocycles. The molecule has 0 saturated heterocycles. The Morgan fingerprint density at radius 3 is 2.45 bits per heavy atom. The van der Waals surface area contributed by atoms with E-state index in [2.05, 4.69) is 15.4 Å². The second-order valence-corrected chi connectivity index (χ2v) is 7.35. The van der Waals surface area contributed by atoms with Crippen LogP contribution >= 0.6 is 0 Å². The predicted molar refractivity (Wildman–Crippen MR) is 114 cm³/mol. The topological polar surface area (TPSA) is 86.1 Å². The lowest BCUT2D eigenvalue weighted by molar-refractivity contribution is -0.137. The Balaban J connectivity index is 1.63. The van der Waals surface area contributed by atoms with Gasteiger partial charge in [-0.15, -0.1) is 0 Å². The van der Waals surface area contributed by atoms with Gasteiger partial charge in [-0.05, 0) is 31.0 Å². The number of nitrogens with zero attached hydrogens (tertiary/aromatic N) is 3. The highest BCUT2D eigenvalue weighted by atomic mass is 19.4. The Labute approximate surface area is 188 Å². The quantitative estimate of drug-likeness (QED) is 0.504. The lowest BCUT2D eigenvalue weighted by Gasteiger charge is -2.18. The Hall–Kier alpha value is -3.69. The molecule has 0 fully saturated rings. The number of nitrogens with one attached hydrogen (secondary N) is 1. The Kier molecular flexibility index (Phi) is 7.47. The monoisotopic (exact) mass is 460 g/mol. The number of hydrogen-bond donors (Lipinski definition) is 1. The van der Waals surface area contributed by atoms with E-state index in [1.165, 1.54) is 10.9 Å². The molecule has 1 unspecified atom stereocenters. The fourth-order valence-electron chi connectivity index (χ4n) is 3.26. The van der Waals surface area contributed by atoms with Crippen molar-refractivity contribution < 1.29 is 27.5 Å². The van der Waals surface area contributed by atoms with E-state index in [0.717, 1.165) is 30.5 Å². The van der Waals surface area contributed by atoms with Crippen LogP contribution in [-0.2, 0) is 15.7 Å². The largest absolute Gasteiger partial charge is 0.452 e. The van der Waals surface area contributed by atoms with E-state index in [-0.39, 0.29) is 17.4 Å². The summed E-state index contributed by atoms with van der Waals surface area (Å²) in [7, 11) is 0. The molecule has 174 valence electrons. The molecule has 0 aliphatic rings. The fourth-order valence-corrected chi connectivity index (χ4v) is 3.26. The minimum absolute atomic E-state index is 0.0812. The van der Waals surface area contributed by atoms with Crippen LogP contribution in [0, 0.1) is 6.92 Å². The zero-order valence-corrected chi connectivity index (χ0v) is 18.1. The summed E-state index contributed by atoms with van der Waals surface area (Å²) in [5.41, 5.74) is 0.470. The van der Waals surface area contributed by atoms with Crippen molar-refractivity contribution in [2.45, 2.75) is 38.9 Å². The van der Waals surface area contributed by atoms with E-state index in [1.807, 2.05) is 37.3 Å². The predicted octanol–water partition coefficient (Wildman–Crippen LogP) is 4.41. The second kappa shape index (κ2) is 10.3. The molecule has 0 bridgehead atoms. The third-order valence-electron chi connectivity index (χ3n) is 4.97. The lowest BCUT2D eigenvalue weighted by atomic mass is 10.0. The first-order valence-electron chi connectivity index (χ1n) is 10.3. The summed E-state index contributed by atoms with van der Waals surface area (Å²) in [6.07, 6.45) is -1.00. The van der Waals surface area contributed by atoms with Crippen molar-refractivity contribution in [2.75, 3.05) is 6.61 Å². The number of amides is 1. The highest BCUT2D eigenvalue weighted by Crippen LogP contribution is 2.29. The summed E-state index contributed by atoms with van der Waals surface area (Å²) in [6.45, 7) is 3.08. The molecule has 0 aliphatic heterocycles. The molecule has 1 amide bonds. The molecule has 2 heterocycles. The summed E-state index contributed by atoms with van der Waals surface area (Å²) in [6, 6.07) is 11.3. The van der Waals surface area contributed by atoms with Crippen LogP contribution < -0.4 is 5.32 Å². The van der Waals surface area contributed by atoms with E-state index in [0.29, 0.717) is 11.9 Å². The average Bonchev–Trinajstić information content (AvgIpc) is 3.18. The van der Waals surface area contributed by atoms with Crippen LogP contribution in [0.2, 0.25) is 0 Å². The molecule has 0 saturated carbocycles. The highest BCUT2D eigenvalue weighted by Gasteiger charge is 2.31.